The number of hydrogen-bond acceptors (Lipinski definition) is 5. The van der Waals surface area contributed by atoms with Gasteiger partial charge in [-0.25, -0.2) is 9.50 Å². The molecule has 0 amide bonds. The molecule has 0 spiro atoms. The van der Waals surface area contributed by atoms with Crippen molar-refractivity contribution < 1.29 is 4.74 Å². The van der Waals surface area contributed by atoms with E-state index in [1.807, 2.05) is 16.8 Å². The van der Waals surface area contributed by atoms with Crippen molar-refractivity contribution in [3.05, 3.63) is 24.7 Å². The summed E-state index contributed by atoms with van der Waals surface area (Å²) in [7, 11) is 0. The highest BCUT2D eigenvalue weighted by Gasteiger charge is 2.09. The lowest BCUT2D eigenvalue weighted by Gasteiger charge is -2.26. The normalized spacial score (nSPS) is 17.1. The van der Waals surface area contributed by atoms with Crippen molar-refractivity contribution in [3.8, 4) is 0 Å². The van der Waals surface area contributed by atoms with Crippen LogP contribution in [0.4, 0.5) is 5.82 Å². The highest BCUT2D eigenvalue weighted by atomic mass is 16.5. The number of morpholine rings is 1. The number of rotatable bonds is 4. The monoisotopic (exact) mass is 247 g/mol. The Kier molecular flexibility index (Phi) is 3.38. The molecule has 0 atom stereocenters. The molecule has 6 heteroatoms. The number of anilines is 1. The zero-order valence-electron chi connectivity index (χ0n) is 10.2. The molecule has 2 aromatic heterocycles. The summed E-state index contributed by atoms with van der Waals surface area (Å²) < 4.78 is 7.15. The van der Waals surface area contributed by atoms with E-state index < -0.39 is 0 Å². The second kappa shape index (κ2) is 5.32. The maximum atomic E-state index is 5.33. The van der Waals surface area contributed by atoms with E-state index in [-0.39, 0.29) is 0 Å². The standard InChI is InChI=1S/C12H17N5O/c1-2-15-17-6-4-14-12(11(1)17)13-3-5-16-7-9-18-10-8-16/h1-2,4,6H,3,5,7-10H2,(H,13,14). The van der Waals surface area contributed by atoms with Gasteiger partial charge < -0.3 is 10.1 Å². The Bertz CT molecular complexity index is 506. The minimum absolute atomic E-state index is 0.844. The molecule has 0 aliphatic carbocycles. The third kappa shape index (κ3) is 2.44. The summed E-state index contributed by atoms with van der Waals surface area (Å²) in [6.45, 7) is 5.63. The summed E-state index contributed by atoms with van der Waals surface area (Å²) in [4.78, 5) is 6.74. The van der Waals surface area contributed by atoms with Gasteiger partial charge in [0.15, 0.2) is 5.82 Å². The van der Waals surface area contributed by atoms with E-state index in [4.69, 9.17) is 4.74 Å². The second-order valence-corrected chi connectivity index (χ2v) is 4.32. The first-order chi connectivity index (χ1) is 8.93. The summed E-state index contributed by atoms with van der Waals surface area (Å²) >= 11 is 0. The molecular formula is C12H17N5O. The topological polar surface area (TPSA) is 54.7 Å². The minimum atomic E-state index is 0.844. The van der Waals surface area contributed by atoms with Crippen LogP contribution in [0.15, 0.2) is 24.7 Å². The Morgan fingerprint density at radius 2 is 2.17 bits per heavy atom. The Morgan fingerprint density at radius 1 is 1.28 bits per heavy atom. The molecule has 1 fully saturated rings. The highest BCUT2D eigenvalue weighted by molar-refractivity contribution is 5.66. The molecule has 0 radical (unpaired) electrons. The maximum Gasteiger partial charge on any atom is 0.152 e. The van der Waals surface area contributed by atoms with Gasteiger partial charge in [0, 0.05) is 38.6 Å². The number of fused-ring (bicyclic) bond motifs is 1. The van der Waals surface area contributed by atoms with Crippen LogP contribution in [0.25, 0.3) is 5.52 Å². The van der Waals surface area contributed by atoms with Crippen LogP contribution in [-0.4, -0.2) is 58.9 Å². The van der Waals surface area contributed by atoms with Crippen LogP contribution in [-0.2, 0) is 4.74 Å². The fourth-order valence-corrected chi connectivity index (χ4v) is 2.15. The predicted octanol–water partition coefficient (Wildman–Crippen LogP) is 0.473. The largest absolute Gasteiger partial charge is 0.379 e. The fourth-order valence-electron chi connectivity index (χ4n) is 2.15. The van der Waals surface area contributed by atoms with Gasteiger partial charge in [0.25, 0.3) is 0 Å². The smallest absolute Gasteiger partial charge is 0.152 e. The lowest BCUT2D eigenvalue weighted by molar-refractivity contribution is 0.0398. The van der Waals surface area contributed by atoms with Crippen LogP contribution in [0, 0.1) is 0 Å². The minimum Gasteiger partial charge on any atom is -0.379 e. The van der Waals surface area contributed by atoms with E-state index in [0.29, 0.717) is 0 Å². The molecule has 1 saturated heterocycles. The summed E-state index contributed by atoms with van der Waals surface area (Å²) in [6.07, 6.45) is 5.39. The van der Waals surface area contributed by atoms with Crippen LogP contribution in [0.5, 0.6) is 0 Å². The van der Waals surface area contributed by atoms with E-state index in [1.54, 1.807) is 12.4 Å². The third-order valence-corrected chi connectivity index (χ3v) is 3.15. The number of hydrogen-bond donors (Lipinski definition) is 1. The average Bonchev–Trinajstić information content (AvgIpc) is 2.89. The summed E-state index contributed by atoms with van der Waals surface area (Å²) in [6, 6.07) is 1.96. The number of aromatic nitrogens is 3. The second-order valence-electron chi connectivity index (χ2n) is 4.32. The van der Waals surface area contributed by atoms with Gasteiger partial charge in [-0.3, -0.25) is 4.90 Å². The van der Waals surface area contributed by atoms with Crippen molar-refractivity contribution in [2.45, 2.75) is 0 Å². The molecule has 18 heavy (non-hydrogen) atoms. The van der Waals surface area contributed by atoms with Crippen molar-refractivity contribution in [2.24, 2.45) is 0 Å². The highest BCUT2D eigenvalue weighted by Crippen LogP contribution is 2.11. The molecule has 0 unspecified atom stereocenters. The zero-order valence-corrected chi connectivity index (χ0v) is 10.2. The first-order valence-corrected chi connectivity index (χ1v) is 6.26. The molecule has 0 saturated carbocycles. The first-order valence-electron chi connectivity index (χ1n) is 6.26. The van der Waals surface area contributed by atoms with Gasteiger partial charge >= 0.3 is 0 Å². The van der Waals surface area contributed by atoms with Crippen molar-refractivity contribution >= 4 is 11.3 Å². The van der Waals surface area contributed by atoms with Crippen molar-refractivity contribution in [1.29, 1.82) is 0 Å². The predicted molar refractivity (Wildman–Crippen MR) is 68.7 cm³/mol. The molecule has 1 N–H and O–H groups in total. The van der Waals surface area contributed by atoms with Crippen molar-refractivity contribution in [1.82, 2.24) is 19.5 Å². The Hall–Kier alpha value is -1.66. The van der Waals surface area contributed by atoms with E-state index in [2.05, 4.69) is 20.3 Å². The first kappa shape index (κ1) is 11.4. The quantitative estimate of drug-likeness (QED) is 0.851. The lowest BCUT2D eigenvalue weighted by atomic mass is 10.4. The molecule has 0 bridgehead atoms. The zero-order chi connectivity index (χ0) is 12.2. The van der Waals surface area contributed by atoms with Gasteiger partial charge in [-0.15, -0.1) is 0 Å². The van der Waals surface area contributed by atoms with Crippen LogP contribution < -0.4 is 5.32 Å². The summed E-state index contributed by atoms with van der Waals surface area (Å²) in [5.41, 5.74) is 1.01. The molecule has 3 heterocycles. The van der Waals surface area contributed by atoms with Crippen molar-refractivity contribution in [2.75, 3.05) is 44.7 Å². The fraction of sp³-hybridized carbons (Fsp3) is 0.500. The molecule has 1 aliphatic heterocycles. The Morgan fingerprint density at radius 3 is 3.06 bits per heavy atom. The van der Waals surface area contributed by atoms with Crippen LogP contribution in [0.2, 0.25) is 0 Å². The molecular weight excluding hydrogens is 230 g/mol. The molecule has 3 rings (SSSR count). The number of nitrogens with one attached hydrogen (secondary N) is 1. The van der Waals surface area contributed by atoms with Gasteiger partial charge in [-0.2, -0.15) is 5.10 Å². The molecule has 2 aromatic rings. The number of nitrogens with zero attached hydrogens (tertiary/aromatic N) is 4. The van der Waals surface area contributed by atoms with E-state index in [0.717, 1.165) is 50.7 Å². The summed E-state index contributed by atoms with van der Waals surface area (Å²) in [5.74, 6) is 0.892. The average molecular weight is 247 g/mol. The third-order valence-electron chi connectivity index (χ3n) is 3.15. The molecule has 0 aromatic carbocycles. The maximum absolute atomic E-state index is 5.33. The Labute approximate surface area is 106 Å². The van der Waals surface area contributed by atoms with Gasteiger partial charge in [-0.05, 0) is 6.07 Å². The van der Waals surface area contributed by atoms with E-state index in [9.17, 15) is 0 Å². The van der Waals surface area contributed by atoms with Gasteiger partial charge in [0.1, 0.15) is 5.52 Å². The van der Waals surface area contributed by atoms with Gasteiger partial charge in [0.2, 0.25) is 0 Å². The molecule has 96 valence electrons. The van der Waals surface area contributed by atoms with E-state index in [1.165, 1.54) is 0 Å². The Balaban J connectivity index is 1.57. The SMILES string of the molecule is c1cn2nccc2c(NCCN2CCOCC2)n1. The van der Waals surface area contributed by atoms with Crippen LogP contribution in [0.3, 0.4) is 0 Å². The molecule has 6 nitrogen and oxygen atoms in total. The van der Waals surface area contributed by atoms with E-state index >= 15 is 0 Å². The van der Waals surface area contributed by atoms with Gasteiger partial charge in [0.05, 0.1) is 19.4 Å². The lowest BCUT2D eigenvalue weighted by Crippen LogP contribution is -2.39. The summed E-state index contributed by atoms with van der Waals surface area (Å²) in [5, 5.41) is 7.55. The van der Waals surface area contributed by atoms with Crippen molar-refractivity contribution in [3.63, 3.8) is 0 Å². The van der Waals surface area contributed by atoms with Crippen LogP contribution in [0.1, 0.15) is 0 Å². The number of ether oxygens (including phenoxy) is 1. The van der Waals surface area contributed by atoms with Crippen LogP contribution >= 0.6 is 0 Å². The van der Waals surface area contributed by atoms with Gasteiger partial charge in [-0.1, -0.05) is 0 Å². The molecule has 1 aliphatic rings.